The van der Waals surface area contributed by atoms with Crippen LogP contribution in [-0.4, -0.2) is 23.3 Å². The van der Waals surface area contributed by atoms with Crippen LogP contribution in [0.15, 0.2) is 18.2 Å². The molecule has 2 N–H and O–H groups in total. The predicted molar refractivity (Wildman–Crippen MR) is 62.3 cm³/mol. The van der Waals surface area contributed by atoms with Gasteiger partial charge in [0.05, 0.1) is 6.10 Å². The molecule has 1 rings (SSSR count). The van der Waals surface area contributed by atoms with Crippen LogP contribution in [0.1, 0.15) is 32.4 Å². The summed E-state index contributed by atoms with van der Waals surface area (Å²) in [7, 11) is 0. The highest BCUT2D eigenvalue weighted by Gasteiger charge is 2.09. The second-order valence-corrected chi connectivity index (χ2v) is 3.59. The number of hydrogen-bond donors (Lipinski definition) is 2. The zero-order valence-corrected chi connectivity index (χ0v) is 9.57. The Kier molecular flexibility index (Phi) is 3.97. The van der Waals surface area contributed by atoms with Crippen molar-refractivity contribution in [1.82, 2.24) is 0 Å². The molecule has 0 aliphatic heterocycles. The normalized spacial score (nSPS) is 12.5. The predicted octanol–water partition coefficient (Wildman–Crippen LogP) is 2.29. The molecule has 0 spiro atoms. The fraction of sp³-hybridized carbons (Fsp3) is 0.500. The van der Waals surface area contributed by atoms with Crippen LogP contribution < -0.4 is 4.90 Å². The van der Waals surface area contributed by atoms with Crippen LogP contribution in [0, 0.1) is 0 Å². The second-order valence-electron chi connectivity index (χ2n) is 3.59. The Morgan fingerprint density at radius 1 is 1.27 bits per heavy atom. The summed E-state index contributed by atoms with van der Waals surface area (Å²) in [6, 6.07) is 5.40. The lowest BCUT2D eigenvalue weighted by Crippen LogP contribution is -2.21. The van der Waals surface area contributed by atoms with Gasteiger partial charge < -0.3 is 15.1 Å². The molecule has 0 aliphatic rings. The number of phenols is 1. The first-order valence-corrected chi connectivity index (χ1v) is 5.36. The number of anilines is 1. The summed E-state index contributed by atoms with van der Waals surface area (Å²) in [6.45, 7) is 7.60. The van der Waals surface area contributed by atoms with Crippen molar-refractivity contribution in [2.24, 2.45) is 0 Å². The van der Waals surface area contributed by atoms with Gasteiger partial charge in [-0.3, -0.25) is 0 Å². The van der Waals surface area contributed by atoms with E-state index in [0.717, 1.165) is 18.8 Å². The van der Waals surface area contributed by atoms with Crippen LogP contribution >= 0.6 is 0 Å². The van der Waals surface area contributed by atoms with Gasteiger partial charge in [0.25, 0.3) is 0 Å². The van der Waals surface area contributed by atoms with Gasteiger partial charge in [-0.1, -0.05) is 6.07 Å². The molecule has 1 atom stereocenters. The maximum Gasteiger partial charge on any atom is 0.123 e. The van der Waals surface area contributed by atoms with Crippen molar-refractivity contribution in [3.8, 4) is 5.75 Å². The van der Waals surface area contributed by atoms with Gasteiger partial charge in [-0.05, 0) is 26.8 Å². The van der Waals surface area contributed by atoms with Crippen molar-refractivity contribution in [2.45, 2.75) is 26.9 Å². The molecule has 0 bridgehead atoms. The Hall–Kier alpha value is -1.22. The van der Waals surface area contributed by atoms with Crippen molar-refractivity contribution >= 4 is 5.69 Å². The van der Waals surface area contributed by atoms with E-state index in [2.05, 4.69) is 18.7 Å². The zero-order valence-electron chi connectivity index (χ0n) is 9.57. The number of aliphatic hydroxyl groups is 1. The van der Waals surface area contributed by atoms with Crippen LogP contribution in [0.2, 0.25) is 0 Å². The fourth-order valence-corrected chi connectivity index (χ4v) is 1.67. The summed E-state index contributed by atoms with van der Waals surface area (Å²) in [4.78, 5) is 2.14. The SMILES string of the molecule is CCN(CC)c1ccc(C(C)O)c(O)c1. The molecular weight excluding hydrogens is 190 g/mol. The number of nitrogens with zero attached hydrogens (tertiary/aromatic N) is 1. The smallest absolute Gasteiger partial charge is 0.123 e. The van der Waals surface area contributed by atoms with E-state index in [4.69, 9.17) is 0 Å². The third-order valence-corrected chi connectivity index (χ3v) is 2.59. The monoisotopic (exact) mass is 209 g/mol. The first kappa shape index (κ1) is 11.9. The number of aliphatic hydroxyl groups excluding tert-OH is 1. The largest absolute Gasteiger partial charge is 0.507 e. The van der Waals surface area contributed by atoms with Gasteiger partial charge in [0.2, 0.25) is 0 Å². The molecule has 84 valence electrons. The van der Waals surface area contributed by atoms with Crippen molar-refractivity contribution in [1.29, 1.82) is 0 Å². The zero-order chi connectivity index (χ0) is 11.4. The van der Waals surface area contributed by atoms with E-state index in [9.17, 15) is 10.2 Å². The molecule has 0 amide bonds. The highest BCUT2D eigenvalue weighted by Crippen LogP contribution is 2.28. The topological polar surface area (TPSA) is 43.7 Å². The molecule has 0 saturated heterocycles. The van der Waals surface area contributed by atoms with Crippen molar-refractivity contribution < 1.29 is 10.2 Å². The Morgan fingerprint density at radius 2 is 1.87 bits per heavy atom. The molecule has 1 unspecified atom stereocenters. The summed E-state index contributed by atoms with van der Waals surface area (Å²) in [5.74, 6) is 0.161. The average Bonchev–Trinajstić information content (AvgIpc) is 2.19. The van der Waals surface area contributed by atoms with E-state index in [0.29, 0.717) is 5.56 Å². The minimum absolute atomic E-state index is 0.161. The average molecular weight is 209 g/mol. The van der Waals surface area contributed by atoms with Crippen molar-refractivity contribution in [2.75, 3.05) is 18.0 Å². The number of benzene rings is 1. The van der Waals surface area contributed by atoms with Gasteiger partial charge in [0.1, 0.15) is 5.75 Å². The molecular formula is C12H19NO2. The van der Waals surface area contributed by atoms with E-state index in [1.54, 1.807) is 19.1 Å². The lowest BCUT2D eigenvalue weighted by atomic mass is 10.1. The lowest BCUT2D eigenvalue weighted by Gasteiger charge is -2.22. The summed E-state index contributed by atoms with van der Waals surface area (Å²) in [6.07, 6.45) is -0.629. The van der Waals surface area contributed by atoms with E-state index >= 15 is 0 Å². The van der Waals surface area contributed by atoms with Gasteiger partial charge in [-0.2, -0.15) is 0 Å². The van der Waals surface area contributed by atoms with E-state index < -0.39 is 6.10 Å². The van der Waals surface area contributed by atoms with E-state index in [1.165, 1.54) is 0 Å². The van der Waals surface area contributed by atoms with Crippen LogP contribution in [0.4, 0.5) is 5.69 Å². The van der Waals surface area contributed by atoms with Gasteiger partial charge in [0, 0.05) is 30.4 Å². The van der Waals surface area contributed by atoms with E-state index in [1.807, 2.05) is 6.07 Å². The van der Waals surface area contributed by atoms with Crippen LogP contribution in [0.5, 0.6) is 5.75 Å². The maximum atomic E-state index is 9.72. The van der Waals surface area contributed by atoms with Crippen LogP contribution in [0.25, 0.3) is 0 Å². The molecule has 3 nitrogen and oxygen atoms in total. The van der Waals surface area contributed by atoms with Crippen LogP contribution in [-0.2, 0) is 0 Å². The number of hydrogen-bond acceptors (Lipinski definition) is 3. The van der Waals surface area contributed by atoms with Crippen molar-refractivity contribution in [3.05, 3.63) is 23.8 Å². The highest BCUT2D eigenvalue weighted by atomic mass is 16.3. The quantitative estimate of drug-likeness (QED) is 0.799. The highest BCUT2D eigenvalue weighted by molar-refractivity contribution is 5.53. The number of aromatic hydroxyl groups is 1. The third kappa shape index (κ3) is 2.63. The summed E-state index contributed by atoms with van der Waals surface area (Å²) in [5.41, 5.74) is 1.56. The molecule has 0 aromatic heterocycles. The molecule has 1 aromatic rings. The van der Waals surface area contributed by atoms with Crippen LogP contribution in [0.3, 0.4) is 0 Å². The number of phenolic OH excluding ortho intramolecular Hbond substituents is 1. The van der Waals surface area contributed by atoms with Gasteiger partial charge in [0.15, 0.2) is 0 Å². The minimum Gasteiger partial charge on any atom is -0.507 e. The molecule has 0 saturated carbocycles. The molecule has 0 fully saturated rings. The lowest BCUT2D eigenvalue weighted by molar-refractivity contribution is 0.195. The summed E-state index contributed by atoms with van der Waals surface area (Å²) >= 11 is 0. The Balaban J connectivity index is 3.00. The van der Waals surface area contributed by atoms with Gasteiger partial charge in [-0.25, -0.2) is 0 Å². The summed E-state index contributed by atoms with van der Waals surface area (Å²) in [5, 5.41) is 19.1. The first-order valence-electron chi connectivity index (χ1n) is 5.36. The molecule has 0 aliphatic carbocycles. The first-order chi connectivity index (χ1) is 7.10. The molecule has 0 heterocycles. The maximum absolute atomic E-state index is 9.72. The second kappa shape index (κ2) is 5.03. The molecule has 3 heteroatoms. The Morgan fingerprint density at radius 3 is 2.27 bits per heavy atom. The van der Waals surface area contributed by atoms with Crippen molar-refractivity contribution in [3.63, 3.8) is 0 Å². The van der Waals surface area contributed by atoms with Gasteiger partial charge in [-0.15, -0.1) is 0 Å². The fourth-order valence-electron chi connectivity index (χ4n) is 1.67. The Labute approximate surface area is 91.0 Å². The standard InChI is InChI=1S/C12H19NO2/c1-4-13(5-2)10-6-7-11(9(3)14)12(15)8-10/h6-9,14-15H,4-5H2,1-3H3. The number of rotatable bonds is 4. The minimum atomic E-state index is -0.629. The summed E-state index contributed by atoms with van der Waals surface area (Å²) < 4.78 is 0. The molecule has 0 radical (unpaired) electrons. The molecule has 15 heavy (non-hydrogen) atoms. The van der Waals surface area contributed by atoms with Gasteiger partial charge >= 0.3 is 0 Å². The third-order valence-electron chi connectivity index (χ3n) is 2.59. The van der Waals surface area contributed by atoms with E-state index in [-0.39, 0.29) is 5.75 Å². The Bertz CT molecular complexity index is 319. The molecule has 1 aromatic carbocycles.